The molecule has 0 atom stereocenters. The number of imidazole rings is 1. The van der Waals surface area contributed by atoms with E-state index in [0.29, 0.717) is 0 Å². The summed E-state index contributed by atoms with van der Waals surface area (Å²) in [7, 11) is 0. The van der Waals surface area contributed by atoms with E-state index >= 15 is 0 Å². The van der Waals surface area contributed by atoms with Crippen LogP contribution in [0.1, 0.15) is 5.82 Å². The van der Waals surface area contributed by atoms with Gasteiger partial charge in [-0.25, -0.2) is 4.98 Å². The van der Waals surface area contributed by atoms with Crippen molar-refractivity contribution in [1.29, 1.82) is 0 Å². The molecule has 4 nitrogen and oxygen atoms in total. The topological polar surface area (TPSA) is 47.1 Å². The molecule has 0 amide bonds. The summed E-state index contributed by atoms with van der Waals surface area (Å²) in [6.07, 6.45) is -14.9. The van der Waals surface area contributed by atoms with Crippen LogP contribution in [0.15, 0.2) is 10.5 Å². The lowest BCUT2D eigenvalue weighted by molar-refractivity contribution is -0.391. The van der Waals surface area contributed by atoms with Crippen LogP contribution in [0.5, 0.6) is 11.5 Å². The molecular weight excluding hydrogens is 393 g/mol. The van der Waals surface area contributed by atoms with Crippen molar-refractivity contribution in [1.82, 2.24) is 9.97 Å². The standard InChI is InChI=1S/C10H2BrF7N2O2/c11-2-1-3-6(22-10(17,18)9(15,16)21-3)5-4(2)19-7(20-5)8(12,13)14/h1H,(H,19,20). The molecule has 0 spiro atoms. The summed E-state index contributed by atoms with van der Waals surface area (Å²) in [6.45, 7) is 0. The summed E-state index contributed by atoms with van der Waals surface area (Å²) in [5.41, 5.74) is -1.07. The molecule has 2 aromatic rings. The minimum atomic E-state index is -5.06. The second-order valence-corrected chi connectivity index (χ2v) is 5.08. The van der Waals surface area contributed by atoms with Gasteiger partial charge in [0, 0.05) is 10.5 Å². The van der Waals surface area contributed by atoms with Gasteiger partial charge in [0.15, 0.2) is 11.5 Å². The number of halogens is 8. The predicted molar refractivity (Wildman–Crippen MR) is 59.9 cm³/mol. The van der Waals surface area contributed by atoms with Gasteiger partial charge in [-0.05, 0) is 15.9 Å². The lowest BCUT2D eigenvalue weighted by atomic mass is 10.2. The number of nitrogens with zero attached hydrogens (tertiary/aromatic N) is 1. The smallest absolute Gasteiger partial charge is 0.421 e. The number of hydrogen-bond donors (Lipinski definition) is 1. The average Bonchev–Trinajstić information content (AvgIpc) is 2.77. The molecular formula is C10H2BrF7N2O2. The van der Waals surface area contributed by atoms with Gasteiger partial charge in [-0.2, -0.15) is 30.7 Å². The molecule has 22 heavy (non-hydrogen) atoms. The van der Waals surface area contributed by atoms with Crippen LogP contribution >= 0.6 is 15.9 Å². The Morgan fingerprint density at radius 3 is 2.27 bits per heavy atom. The van der Waals surface area contributed by atoms with Crippen LogP contribution in [0.4, 0.5) is 30.7 Å². The number of aromatic amines is 1. The molecule has 1 aliphatic heterocycles. The zero-order valence-electron chi connectivity index (χ0n) is 9.86. The number of benzene rings is 1. The van der Waals surface area contributed by atoms with Crippen molar-refractivity contribution in [2.45, 2.75) is 18.4 Å². The Hall–Kier alpha value is -1.72. The number of fused-ring (bicyclic) bond motifs is 3. The Bertz CT molecular complexity index is 771. The molecule has 0 unspecified atom stereocenters. The van der Waals surface area contributed by atoms with Gasteiger partial charge in [0.25, 0.3) is 0 Å². The van der Waals surface area contributed by atoms with Crippen LogP contribution in [0.2, 0.25) is 0 Å². The highest BCUT2D eigenvalue weighted by Gasteiger charge is 2.66. The van der Waals surface area contributed by atoms with Crippen LogP contribution in [-0.2, 0) is 6.18 Å². The van der Waals surface area contributed by atoms with E-state index in [-0.39, 0.29) is 9.99 Å². The largest absolute Gasteiger partial charge is 0.507 e. The SMILES string of the molecule is FC(F)(F)c1nc2c3c(cc(Br)c2[nH]1)OC(F)(F)C(F)(F)O3. The molecule has 1 aromatic heterocycles. The van der Waals surface area contributed by atoms with Crippen molar-refractivity contribution < 1.29 is 40.2 Å². The summed E-state index contributed by atoms with van der Waals surface area (Å²) >= 11 is 2.82. The van der Waals surface area contributed by atoms with Gasteiger partial charge in [-0.1, -0.05) is 0 Å². The fourth-order valence-corrected chi connectivity index (χ4v) is 2.27. The van der Waals surface area contributed by atoms with E-state index in [1.54, 1.807) is 0 Å². The van der Waals surface area contributed by atoms with Crippen molar-refractivity contribution in [3.63, 3.8) is 0 Å². The molecule has 0 saturated carbocycles. The Kier molecular flexibility index (Phi) is 2.88. The van der Waals surface area contributed by atoms with Gasteiger partial charge in [0.2, 0.25) is 5.82 Å². The van der Waals surface area contributed by atoms with E-state index in [1.807, 2.05) is 4.98 Å². The first-order chi connectivity index (χ1) is 9.92. The summed E-state index contributed by atoms with van der Waals surface area (Å²) in [6, 6.07) is 0.777. The number of H-pyrrole nitrogens is 1. The van der Waals surface area contributed by atoms with Crippen molar-refractivity contribution in [2.24, 2.45) is 0 Å². The molecule has 0 bridgehead atoms. The second-order valence-electron chi connectivity index (χ2n) is 4.23. The number of rotatable bonds is 0. The highest BCUT2D eigenvalue weighted by Crippen LogP contribution is 2.51. The molecule has 0 saturated heterocycles. The summed E-state index contributed by atoms with van der Waals surface area (Å²) in [5.74, 6) is -3.38. The van der Waals surface area contributed by atoms with Crippen LogP contribution in [-0.4, -0.2) is 22.2 Å². The Balaban J connectivity index is 2.27. The van der Waals surface area contributed by atoms with Crippen LogP contribution in [0.3, 0.4) is 0 Å². The van der Waals surface area contributed by atoms with Gasteiger partial charge in [0.05, 0.1) is 5.52 Å². The molecule has 3 rings (SSSR count). The van der Waals surface area contributed by atoms with E-state index in [9.17, 15) is 30.7 Å². The van der Waals surface area contributed by atoms with Gasteiger partial charge in [0.1, 0.15) is 5.52 Å². The number of nitrogens with one attached hydrogen (secondary N) is 1. The fourth-order valence-electron chi connectivity index (χ4n) is 1.77. The highest BCUT2D eigenvalue weighted by molar-refractivity contribution is 9.10. The normalized spacial score (nSPS) is 19.5. The molecule has 1 N–H and O–H groups in total. The fraction of sp³-hybridized carbons (Fsp3) is 0.300. The summed E-state index contributed by atoms with van der Waals surface area (Å²) < 4.78 is 97.9. The van der Waals surface area contributed by atoms with Crippen molar-refractivity contribution in [3.05, 3.63) is 16.4 Å². The third kappa shape index (κ3) is 2.08. The lowest BCUT2D eigenvalue weighted by Crippen LogP contribution is -2.52. The molecule has 1 aromatic carbocycles. The van der Waals surface area contributed by atoms with Gasteiger partial charge in [-0.3, -0.25) is 0 Å². The number of alkyl halides is 7. The first-order valence-corrected chi connectivity index (χ1v) is 6.15. The van der Waals surface area contributed by atoms with Crippen LogP contribution in [0.25, 0.3) is 11.0 Å². The van der Waals surface area contributed by atoms with E-state index in [4.69, 9.17) is 0 Å². The molecule has 0 aliphatic carbocycles. The molecule has 0 fully saturated rings. The van der Waals surface area contributed by atoms with Gasteiger partial charge in [-0.15, -0.1) is 0 Å². The zero-order valence-corrected chi connectivity index (χ0v) is 11.5. The van der Waals surface area contributed by atoms with E-state index in [1.165, 1.54) is 0 Å². The first-order valence-electron chi connectivity index (χ1n) is 5.35. The highest BCUT2D eigenvalue weighted by atomic mass is 79.9. The number of hydrogen-bond acceptors (Lipinski definition) is 3. The van der Waals surface area contributed by atoms with Crippen LogP contribution < -0.4 is 9.47 Å². The maximum Gasteiger partial charge on any atom is 0.507 e. The quantitative estimate of drug-likeness (QED) is 0.677. The van der Waals surface area contributed by atoms with Crippen molar-refractivity contribution >= 4 is 27.0 Å². The van der Waals surface area contributed by atoms with Gasteiger partial charge >= 0.3 is 18.4 Å². The van der Waals surface area contributed by atoms with E-state index < -0.39 is 41.2 Å². The maximum absolute atomic E-state index is 13.2. The summed E-state index contributed by atoms with van der Waals surface area (Å²) in [4.78, 5) is 4.93. The lowest BCUT2D eigenvalue weighted by Gasteiger charge is -2.31. The number of aromatic nitrogens is 2. The predicted octanol–water partition coefficient (Wildman–Crippen LogP) is 4.30. The minimum Gasteiger partial charge on any atom is -0.421 e. The third-order valence-electron chi connectivity index (χ3n) is 2.72. The molecule has 120 valence electrons. The van der Waals surface area contributed by atoms with Crippen molar-refractivity contribution in [2.75, 3.05) is 0 Å². The molecule has 2 heterocycles. The zero-order chi connectivity index (χ0) is 16.5. The Morgan fingerprint density at radius 2 is 1.68 bits per heavy atom. The average molecular weight is 395 g/mol. The minimum absolute atomic E-state index is 0.145. The summed E-state index contributed by atoms with van der Waals surface area (Å²) in [5, 5.41) is 0. The molecule has 1 aliphatic rings. The third-order valence-corrected chi connectivity index (χ3v) is 3.34. The second kappa shape index (κ2) is 4.18. The maximum atomic E-state index is 13.2. The van der Waals surface area contributed by atoms with Crippen LogP contribution in [0, 0.1) is 0 Å². The molecule has 0 radical (unpaired) electrons. The van der Waals surface area contributed by atoms with Gasteiger partial charge < -0.3 is 14.5 Å². The van der Waals surface area contributed by atoms with E-state index in [2.05, 4.69) is 30.4 Å². The Labute approximate surface area is 124 Å². The monoisotopic (exact) mass is 394 g/mol. The molecule has 12 heteroatoms. The first kappa shape index (κ1) is 15.2. The Morgan fingerprint density at radius 1 is 1.09 bits per heavy atom. The van der Waals surface area contributed by atoms with Crippen molar-refractivity contribution in [3.8, 4) is 11.5 Å². The number of ether oxygens (including phenoxy) is 2. The van der Waals surface area contributed by atoms with E-state index in [0.717, 1.165) is 6.07 Å².